The molecule has 0 heterocycles. The zero-order chi connectivity index (χ0) is 16.5. The number of quaternary nitrogens is 1. The van der Waals surface area contributed by atoms with E-state index in [9.17, 15) is 0 Å². The van der Waals surface area contributed by atoms with Gasteiger partial charge >= 0.3 is 0 Å². The van der Waals surface area contributed by atoms with Gasteiger partial charge in [-0.05, 0) is 32.0 Å². The molecule has 2 aromatic rings. The topological polar surface area (TPSA) is 35.1 Å². The Morgan fingerprint density at radius 3 is 2.35 bits per heavy atom. The fourth-order valence-electron chi connectivity index (χ4n) is 2.32. The number of benzene rings is 2. The third-order valence-corrected chi connectivity index (χ3v) is 3.50. The SMILES string of the molecule is C#CCOc1ccc(C[NH2+]Cc2ccc(C)cc2)cc1OCC. The van der Waals surface area contributed by atoms with Crippen molar-refractivity contribution in [2.75, 3.05) is 13.2 Å². The molecule has 0 atom stereocenters. The Balaban J connectivity index is 1.95. The van der Waals surface area contributed by atoms with Gasteiger partial charge in [0.1, 0.15) is 19.7 Å². The van der Waals surface area contributed by atoms with Gasteiger partial charge < -0.3 is 14.8 Å². The molecule has 0 radical (unpaired) electrons. The van der Waals surface area contributed by atoms with E-state index in [1.165, 1.54) is 16.7 Å². The molecule has 0 unspecified atom stereocenters. The van der Waals surface area contributed by atoms with Gasteiger partial charge in [0.15, 0.2) is 11.5 Å². The Hall–Kier alpha value is -2.44. The van der Waals surface area contributed by atoms with Crippen LogP contribution in [0.3, 0.4) is 0 Å². The largest absolute Gasteiger partial charge is 0.490 e. The summed E-state index contributed by atoms with van der Waals surface area (Å²) >= 11 is 0. The fraction of sp³-hybridized carbons (Fsp3) is 0.300. The average Bonchev–Trinajstić information content (AvgIpc) is 2.56. The summed E-state index contributed by atoms with van der Waals surface area (Å²) in [4.78, 5) is 0. The van der Waals surface area contributed by atoms with E-state index in [1.807, 2.05) is 19.1 Å². The third-order valence-electron chi connectivity index (χ3n) is 3.50. The molecule has 0 saturated heterocycles. The minimum atomic E-state index is 0.249. The first-order valence-corrected chi connectivity index (χ1v) is 7.92. The van der Waals surface area contributed by atoms with Gasteiger partial charge in [0, 0.05) is 11.1 Å². The molecule has 0 aliphatic heterocycles. The van der Waals surface area contributed by atoms with Crippen LogP contribution in [0.1, 0.15) is 23.6 Å². The van der Waals surface area contributed by atoms with Crippen molar-refractivity contribution < 1.29 is 14.8 Å². The third kappa shape index (κ3) is 5.36. The van der Waals surface area contributed by atoms with Crippen molar-refractivity contribution in [3.63, 3.8) is 0 Å². The summed E-state index contributed by atoms with van der Waals surface area (Å²) in [7, 11) is 0. The van der Waals surface area contributed by atoms with Crippen molar-refractivity contribution in [1.29, 1.82) is 0 Å². The van der Waals surface area contributed by atoms with Gasteiger partial charge in [-0.15, -0.1) is 6.42 Å². The molecule has 3 heteroatoms. The van der Waals surface area contributed by atoms with Crippen LogP contribution in [0.25, 0.3) is 0 Å². The lowest BCUT2D eigenvalue weighted by atomic mass is 10.1. The number of terminal acetylenes is 1. The van der Waals surface area contributed by atoms with Gasteiger partial charge in [-0.1, -0.05) is 35.7 Å². The predicted octanol–water partition coefficient (Wildman–Crippen LogP) is 2.67. The quantitative estimate of drug-likeness (QED) is 0.761. The maximum absolute atomic E-state index is 5.65. The molecule has 2 rings (SSSR count). The highest BCUT2D eigenvalue weighted by molar-refractivity contribution is 5.43. The molecule has 2 N–H and O–H groups in total. The average molecular weight is 310 g/mol. The van der Waals surface area contributed by atoms with Crippen molar-refractivity contribution >= 4 is 0 Å². The van der Waals surface area contributed by atoms with E-state index in [1.54, 1.807) is 0 Å². The molecule has 0 spiro atoms. The first-order chi connectivity index (χ1) is 11.2. The summed E-state index contributed by atoms with van der Waals surface area (Å²) in [5, 5.41) is 2.28. The molecule has 0 fully saturated rings. The van der Waals surface area contributed by atoms with Gasteiger partial charge in [0.2, 0.25) is 0 Å². The van der Waals surface area contributed by atoms with Crippen LogP contribution in [0.2, 0.25) is 0 Å². The molecule has 0 aromatic heterocycles. The highest BCUT2D eigenvalue weighted by Gasteiger charge is 2.07. The van der Waals surface area contributed by atoms with Gasteiger partial charge in [0.25, 0.3) is 0 Å². The molecule has 0 aliphatic carbocycles. The van der Waals surface area contributed by atoms with Gasteiger partial charge in [-0.25, -0.2) is 0 Å². The highest BCUT2D eigenvalue weighted by atomic mass is 16.5. The molecule has 0 aliphatic rings. The molecule has 0 saturated carbocycles. The van der Waals surface area contributed by atoms with Crippen molar-refractivity contribution in [3.05, 3.63) is 59.2 Å². The van der Waals surface area contributed by atoms with E-state index in [2.05, 4.69) is 48.5 Å². The number of hydrogen-bond donors (Lipinski definition) is 1. The Morgan fingerprint density at radius 1 is 0.957 bits per heavy atom. The van der Waals surface area contributed by atoms with Crippen LogP contribution in [0.15, 0.2) is 42.5 Å². The predicted molar refractivity (Wildman–Crippen MR) is 92.5 cm³/mol. The lowest BCUT2D eigenvalue weighted by Gasteiger charge is -2.11. The van der Waals surface area contributed by atoms with Crippen LogP contribution in [0.5, 0.6) is 11.5 Å². The summed E-state index contributed by atoms with van der Waals surface area (Å²) in [6.45, 7) is 6.76. The van der Waals surface area contributed by atoms with Crippen LogP contribution in [0.4, 0.5) is 0 Å². The van der Waals surface area contributed by atoms with Crippen LogP contribution < -0.4 is 14.8 Å². The minimum Gasteiger partial charge on any atom is -0.490 e. The number of rotatable bonds is 8. The molecule has 23 heavy (non-hydrogen) atoms. The molecular weight excluding hydrogens is 286 g/mol. The van der Waals surface area contributed by atoms with Crippen LogP contribution in [0, 0.1) is 19.3 Å². The molecular formula is C20H24NO2+. The van der Waals surface area contributed by atoms with E-state index in [4.69, 9.17) is 15.9 Å². The normalized spacial score (nSPS) is 10.1. The number of ether oxygens (including phenoxy) is 2. The van der Waals surface area contributed by atoms with Gasteiger partial charge in [-0.2, -0.15) is 0 Å². The first-order valence-electron chi connectivity index (χ1n) is 7.92. The zero-order valence-corrected chi connectivity index (χ0v) is 13.8. The summed E-state index contributed by atoms with van der Waals surface area (Å²) < 4.78 is 11.2. The highest BCUT2D eigenvalue weighted by Crippen LogP contribution is 2.28. The summed E-state index contributed by atoms with van der Waals surface area (Å²) in [6, 6.07) is 14.7. The van der Waals surface area contributed by atoms with Crippen molar-refractivity contribution in [2.24, 2.45) is 0 Å². The fourth-order valence-corrected chi connectivity index (χ4v) is 2.32. The molecule has 3 nitrogen and oxygen atoms in total. The minimum absolute atomic E-state index is 0.249. The zero-order valence-electron chi connectivity index (χ0n) is 13.8. The first kappa shape index (κ1) is 16.9. The van der Waals surface area contributed by atoms with Crippen LogP contribution in [-0.4, -0.2) is 13.2 Å². The second-order valence-corrected chi connectivity index (χ2v) is 5.39. The van der Waals surface area contributed by atoms with Gasteiger partial charge in [-0.3, -0.25) is 0 Å². The number of nitrogens with two attached hydrogens (primary N) is 1. The lowest BCUT2D eigenvalue weighted by Crippen LogP contribution is -2.80. The Morgan fingerprint density at radius 2 is 1.65 bits per heavy atom. The molecule has 0 amide bonds. The Labute approximate surface area is 138 Å². The van der Waals surface area contributed by atoms with Crippen molar-refractivity contribution in [1.82, 2.24) is 0 Å². The monoisotopic (exact) mass is 310 g/mol. The molecule has 2 aromatic carbocycles. The maximum Gasteiger partial charge on any atom is 0.162 e. The maximum atomic E-state index is 5.65. The Kier molecular flexibility index (Phi) is 6.53. The number of aryl methyl sites for hydroxylation is 1. The standard InChI is InChI=1S/C20H23NO2/c1-4-12-23-19-11-10-18(13-20(19)22-5-2)15-21-14-17-8-6-16(3)7-9-17/h1,6-11,13,21H,5,12,14-15H2,2-3H3/p+1. The molecule has 120 valence electrons. The van der Waals surface area contributed by atoms with Gasteiger partial charge in [0.05, 0.1) is 6.61 Å². The second-order valence-electron chi connectivity index (χ2n) is 5.39. The van der Waals surface area contributed by atoms with E-state index in [0.717, 1.165) is 18.8 Å². The number of hydrogen-bond acceptors (Lipinski definition) is 2. The summed E-state index contributed by atoms with van der Waals surface area (Å²) in [5.41, 5.74) is 3.82. The van der Waals surface area contributed by atoms with Crippen molar-refractivity contribution in [2.45, 2.75) is 26.9 Å². The smallest absolute Gasteiger partial charge is 0.162 e. The van der Waals surface area contributed by atoms with E-state index < -0.39 is 0 Å². The van der Waals surface area contributed by atoms with Crippen molar-refractivity contribution in [3.8, 4) is 23.8 Å². The van der Waals surface area contributed by atoms with E-state index >= 15 is 0 Å². The Bertz CT molecular complexity index is 656. The second kappa shape index (κ2) is 8.87. The van der Waals surface area contributed by atoms with E-state index in [-0.39, 0.29) is 6.61 Å². The summed E-state index contributed by atoms with van der Waals surface area (Å²) in [6.07, 6.45) is 5.24. The van der Waals surface area contributed by atoms with Crippen LogP contribution >= 0.6 is 0 Å². The molecule has 0 bridgehead atoms. The van der Waals surface area contributed by atoms with E-state index in [0.29, 0.717) is 12.4 Å². The van der Waals surface area contributed by atoms with Crippen LogP contribution in [-0.2, 0) is 13.1 Å². The lowest BCUT2D eigenvalue weighted by molar-refractivity contribution is -0.686. The summed E-state index contributed by atoms with van der Waals surface area (Å²) in [5.74, 6) is 3.93.